The van der Waals surface area contributed by atoms with Gasteiger partial charge in [-0.05, 0) is 13.0 Å². The van der Waals surface area contributed by atoms with E-state index in [0.29, 0.717) is 4.99 Å². The molecule has 0 heterocycles. The van der Waals surface area contributed by atoms with Crippen molar-refractivity contribution in [3.63, 3.8) is 0 Å². The Morgan fingerprint density at radius 2 is 2.00 bits per heavy atom. The van der Waals surface area contributed by atoms with E-state index < -0.39 is 12.1 Å². The van der Waals surface area contributed by atoms with Crippen LogP contribution in [0.4, 0.5) is 0 Å². The van der Waals surface area contributed by atoms with Gasteiger partial charge in [-0.1, -0.05) is 36.0 Å². The average Bonchev–Trinajstić information content (AvgIpc) is 2.27. The molecule has 0 aliphatic heterocycles. The van der Waals surface area contributed by atoms with Crippen LogP contribution in [0, 0.1) is 6.92 Å². The number of thiocarbonyl (C=S) groups is 1. The molecule has 0 bridgehead atoms. The van der Waals surface area contributed by atoms with Crippen LogP contribution in [0.1, 0.15) is 18.1 Å². The van der Waals surface area contributed by atoms with Crippen molar-refractivity contribution in [2.45, 2.75) is 20.0 Å². The number of amides is 2. The first-order valence-electron chi connectivity index (χ1n) is 5.34. The highest BCUT2D eigenvalue weighted by Crippen LogP contribution is 2.04. The lowest BCUT2D eigenvalue weighted by molar-refractivity contribution is -0.126. The molecule has 96 valence electrons. The molecule has 1 rings (SSSR count). The zero-order chi connectivity index (χ0) is 13.7. The van der Waals surface area contributed by atoms with Crippen LogP contribution in [0.5, 0.6) is 0 Å². The van der Waals surface area contributed by atoms with Gasteiger partial charge >= 0.3 is 0 Å². The molecule has 1 aromatic carbocycles. The van der Waals surface area contributed by atoms with E-state index in [1.807, 2.05) is 31.2 Å². The monoisotopic (exact) mass is 265 g/mol. The molecule has 1 aromatic rings. The maximum Gasteiger partial charge on any atom is 0.260 e. The van der Waals surface area contributed by atoms with Crippen molar-refractivity contribution in [1.82, 2.24) is 10.6 Å². The Bertz CT molecular complexity index is 488. The van der Waals surface area contributed by atoms with Crippen molar-refractivity contribution in [3.05, 3.63) is 35.4 Å². The predicted molar refractivity (Wildman–Crippen MR) is 72.8 cm³/mol. The van der Waals surface area contributed by atoms with Gasteiger partial charge in [0.15, 0.2) is 6.17 Å². The number of hydrogen-bond donors (Lipinski definition) is 3. The fourth-order valence-electron chi connectivity index (χ4n) is 1.38. The molecule has 0 aliphatic rings. The molecule has 0 aromatic heterocycles. The number of benzene rings is 1. The van der Waals surface area contributed by atoms with Crippen LogP contribution in [0.2, 0.25) is 0 Å². The zero-order valence-corrected chi connectivity index (χ0v) is 11.0. The quantitative estimate of drug-likeness (QED) is 0.536. The number of nitrogens with one attached hydrogen (secondary N) is 2. The van der Waals surface area contributed by atoms with E-state index in [2.05, 4.69) is 10.6 Å². The van der Waals surface area contributed by atoms with Crippen LogP contribution in [0.3, 0.4) is 0 Å². The smallest absolute Gasteiger partial charge is 0.260 e. The standard InChI is InChI=1S/C12H15N3O2S/c1-7-4-3-5-9(6-7)12(18)15-11(10(13)17)14-8(2)16/h3-6,11H,1-2H3,(H2,13,17)(H,14,16)(H,15,18). The van der Waals surface area contributed by atoms with Crippen LogP contribution >= 0.6 is 12.2 Å². The summed E-state index contributed by atoms with van der Waals surface area (Å²) in [6.45, 7) is 3.23. The maximum atomic E-state index is 11.2. The topological polar surface area (TPSA) is 84.2 Å². The molecule has 5 nitrogen and oxygen atoms in total. The molecule has 0 saturated carbocycles. The highest BCUT2D eigenvalue weighted by atomic mass is 32.1. The molecular weight excluding hydrogens is 250 g/mol. The minimum Gasteiger partial charge on any atom is -0.366 e. The summed E-state index contributed by atoms with van der Waals surface area (Å²) in [5.41, 5.74) is 6.98. The normalized spacial score (nSPS) is 11.4. The molecular formula is C12H15N3O2S. The predicted octanol–water partition coefficient (Wildman–Crippen LogP) is 0.208. The van der Waals surface area contributed by atoms with Gasteiger partial charge in [-0.15, -0.1) is 0 Å². The lowest BCUT2D eigenvalue weighted by atomic mass is 10.1. The Morgan fingerprint density at radius 1 is 1.33 bits per heavy atom. The van der Waals surface area contributed by atoms with Gasteiger partial charge in [-0.3, -0.25) is 9.59 Å². The van der Waals surface area contributed by atoms with E-state index in [0.717, 1.165) is 11.1 Å². The van der Waals surface area contributed by atoms with E-state index in [1.54, 1.807) is 0 Å². The summed E-state index contributed by atoms with van der Waals surface area (Å²) < 4.78 is 0. The van der Waals surface area contributed by atoms with Gasteiger partial charge in [-0.2, -0.15) is 0 Å². The van der Waals surface area contributed by atoms with Crippen molar-refractivity contribution in [1.29, 1.82) is 0 Å². The number of carbonyl (C=O) groups excluding carboxylic acids is 2. The molecule has 0 saturated heterocycles. The molecule has 0 fully saturated rings. The Balaban J connectivity index is 2.78. The van der Waals surface area contributed by atoms with Gasteiger partial charge in [0.25, 0.3) is 5.91 Å². The minimum atomic E-state index is -1.00. The number of hydrogen-bond acceptors (Lipinski definition) is 3. The molecule has 6 heteroatoms. The molecule has 1 atom stereocenters. The van der Waals surface area contributed by atoms with E-state index in [-0.39, 0.29) is 5.91 Å². The Morgan fingerprint density at radius 3 is 2.50 bits per heavy atom. The molecule has 0 radical (unpaired) electrons. The second-order valence-corrected chi connectivity index (χ2v) is 4.29. The summed E-state index contributed by atoms with van der Waals surface area (Å²) >= 11 is 5.16. The summed E-state index contributed by atoms with van der Waals surface area (Å²) in [5, 5.41) is 5.10. The fraction of sp³-hybridized carbons (Fsp3) is 0.250. The van der Waals surface area contributed by atoms with Crippen molar-refractivity contribution >= 4 is 29.0 Å². The molecule has 0 spiro atoms. The van der Waals surface area contributed by atoms with Crippen LogP contribution in [0.25, 0.3) is 0 Å². The number of primary amides is 1. The molecule has 1 unspecified atom stereocenters. The maximum absolute atomic E-state index is 11.2. The van der Waals surface area contributed by atoms with Gasteiger partial charge < -0.3 is 16.4 Å². The number of carbonyl (C=O) groups is 2. The van der Waals surface area contributed by atoms with Crippen molar-refractivity contribution in [2.75, 3.05) is 0 Å². The lowest BCUT2D eigenvalue weighted by Gasteiger charge is -2.18. The Labute approximate surface area is 111 Å². The van der Waals surface area contributed by atoms with Gasteiger partial charge in [0.2, 0.25) is 5.91 Å². The number of aryl methyl sites for hydroxylation is 1. The van der Waals surface area contributed by atoms with Crippen LogP contribution in [0.15, 0.2) is 24.3 Å². The first-order chi connectivity index (χ1) is 8.40. The summed E-state index contributed by atoms with van der Waals surface area (Å²) in [6, 6.07) is 7.48. The SMILES string of the molecule is CC(=O)NC(NC(=S)c1cccc(C)c1)C(N)=O. The van der Waals surface area contributed by atoms with E-state index in [9.17, 15) is 9.59 Å². The first kappa shape index (κ1) is 14.1. The number of nitrogens with two attached hydrogens (primary N) is 1. The van der Waals surface area contributed by atoms with Crippen LogP contribution in [-0.4, -0.2) is 23.0 Å². The highest BCUT2D eigenvalue weighted by molar-refractivity contribution is 7.80. The Hall–Kier alpha value is -1.95. The van der Waals surface area contributed by atoms with Crippen molar-refractivity contribution in [3.8, 4) is 0 Å². The second kappa shape index (κ2) is 6.11. The molecule has 4 N–H and O–H groups in total. The summed E-state index contributed by atoms with van der Waals surface area (Å²) in [5.74, 6) is -1.06. The largest absolute Gasteiger partial charge is 0.366 e. The van der Waals surface area contributed by atoms with Gasteiger partial charge in [-0.25, -0.2) is 0 Å². The number of rotatable bonds is 4. The van der Waals surface area contributed by atoms with Crippen LogP contribution in [-0.2, 0) is 9.59 Å². The van der Waals surface area contributed by atoms with Gasteiger partial charge in [0.1, 0.15) is 4.99 Å². The van der Waals surface area contributed by atoms with Crippen LogP contribution < -0.4 is 16.4 Å². The zero-order valence-electron chi connectivity index (χ0n) is 10.2. The lowest BCUT2D eigenvalue weighted by Crippen LogP contribution is -2.54. The highest BCUT2D eigenvalue weighted by Gasteiger charge is 2.17. The summed E-state index contributed by atoms with van der Waals surface area (Å²) in [4.78, 5) is 22.4. The second-order valence-electron chi connectivity index (χ2n) is 3.88. The third kappa shape index (κ3) is 4.14. The summed E-state index contributed by atoms with van der Waals surface area (Å²) in [6.07, 6.45) is -1.00. The van der Waals surface area contributed by atoms with E-state index in [4.69, 9.17) is 18.0 Å². The van der Waals surface area contributed by atoms with Gasteiger partial charge in [0, 0.05) is 12.5 Å². The fourth-order valence-corrected chi connectivity index (χ4v) is 1.63. The summed E-state index contributed by atoms with van der Waals surface area (Å²) in [7, 11) is 0. The molecule has 18 heavy (non-hydrogen) atoms. The van der Waals surface area contributed by atoms with Crippen molar-refractivity contribution < 1.29 is 9.59 Å². The van der Waals surface area contributed by atoms with E-state index >= 15 is 0 Å². The molecule has 0 aliphatic carbocycles. The Kier molecular flexibility index (Phi) is 4.79. The van der Waals surface area contributed by atoms with Gasteiger partial charge in [0.05, 0.1) is 0 Å². The third-order valence-corrected chi connectivity index (χ3v) is 2.54. The first-order valence-corrected chi connectivity index (χ1v) is 5.75. The third-order valence-electron chi connectivity index (χ3n) is 2.19. The minimum absolute atomic E-state index is 0.358. The average molecular weight is 265 g/mol. The van der Waals surface area contributed by atoms with E-state index in [1.165, 1.54) is 6.92 Å². The van der Waals surface area contributed by atoms with Crippen molar-refractivity contribution in [2.24, 2.45) is 5.73 Å². The molecule has 2 amide bonds.